The average molecular weight is 297 g/mol. The number of hydrogen-bond donors (Lipinski definition) is 3. The number of aliphatic carboxylic acids is 1. The van der Waals surface area contributed by atoms with Crippen LogP contribution in [0, 0.1) is 17.8 Å². The van der Waals surface area contributed by atoms with Gasteiger partial charge in [0.2, 0.25) is 0 Å². The van der Waals surface area contributed by atoms with Crippen molar-refractivity contribution in [2.45, 2.75) is 44.6 Å². The van der Waals surface area contributed by atoms with Crippen molar-refractivity contribution >= 4 is 5.97 Å². The predicted molar refractivity (Wildman–Crippen MR) is 74.5 cm³/mol. The number of nitrogens with one attached hydrogen (secondary N) is 2. The fourth-order valence-electron chi connectivity index (χ4n) is 3.73. The zero-order chi connectivity index (χ0) is 13.9. The molecule has 0 aromatic carbocycles. The smallest absolute Gasteiger partial charge is 0.320 e. The largest absolute Gasteiger partial charge is 0.480 e. The Morgan fingerprint density at radius 1 is 1.29 bits per heavy atom. The molecule has 3 rings (SSSR count). The molecule has 1 aromatic heterocycles. The second kappa shape index (κ2) is 6.95. The molecule has 1 saturated carbocycles. The maximum absolute atomic E-state index is 11.1. The third-order valence-electron chi connectivity index (χ3n) is 4.88. The lowest BCUT2D eigenvalue weighted by atomic mass is 9.69. The molecule has 0 spiro atoms. The molecule has 8 heteroatoms. The highest BCUT2D eigenvalue weighted by atomic mass is 16.4. The maximum Gasteiger partial charge on any atom is 0.320 e. The number of carboxylic acids is 1. The molecule has 21 heavy (non-hydrogen) atoms. The number of carboxylic acid groups (broad SMARTS) is 1. The third kappa shape index (κ3) is 3.76. The monoisotopic (exact) mass is 297 g/mol. The molecule has 0 bridgehead atoms. The number of nitrogens with zero attached hydrogens (tertiary/aromatic N) is 3. The summed E-state index contributed by atoms with van der Waals surface area (Å²) in [5.74, 6) is 1.95. The van der Waals surface area contributed by atoms with E-state index >= 15 is 0 Å². The van der Waals surface area contributed by atoms with E-state index in [0.29, 0.717) is 17.8 Å². The average Bonchev–Trinajstić information content (AvgIpc) is 2.97. The van der Waals surface area contributed by atoms with Gasteiger partial charge in [-0.2, -0.15) is 5.21 Å². The number of carbonyl (C=O) groups is 1. The van der Waals surface area contributed by atoms with Crippen LogP contribution in [0.15, 0.2) is 0 Å². The van der Waals surface area contributed by atoms with Crippen molar-refractivity contribution in [3.63, 3.8) is 0 Å². The lowest BCUT2D eigenvalue weighted by Gasteiger charge is -2.41. The highest BCUT2D eigenvalue weighted by Crippen LogP contribution is 2.40. The molecule has 1 aliphatic carbocycles. The summed E-state index contributed by atoms with van der Waals surface area (Å²) < 4.78 is 0. The minimum absolute atomic E-state index is 0. The molecule has 0 amide bonds. The minimum Gasteiger partial charge on any atom is -0.480 e. The molecule has 0 unspecified atom stereocenters. The summed E-state index contributed by atoms with van der Waals surface area (Å²) in [5.41, 5.74) is 0. The van der Waals surface area contributed by atoms with E-state index in [1.165, 1.54) is 12.8 Å². The van der Waals surface area contributed by atoms with Crippen molar-refractivity contribution in [3.05, 3.63) is 5.82 Å². The van der Waals surface area contributed by atoms with Crippen LogP contribution in [0.4, 0.5) is 0 Å². The Morgan fingerprint density at radius 3 is 2.86 bits per heavy atom. The van der Waals surface area contributed by atoms with Gasteiger partial charge in [-0.25, -0.2) is 0 Å². The van der Waals surface area contributed by atoms with Gasteiger partial charge in [0.1, 0.15) is 6.04 Å². The Bertz CT molecular complexity index is 453. The number of aromatic amines is 1. The second-order valence-corrected chi connectivity index (χ2v) is 6.10. The number of fused-ring (bicyclic) bond motifs is 1. The minimum atomic E-state index is -0.711. The molecule has 1 saturated heterocycles. The fraction of sp³-hybridized carbons (Fsp3) is 0.846. The molecule has 118 valence electrons. The summed E-state index contributed by atoms with van der Waals surface area (Å²) in [7, 11) is 0. The Morgan fingerprint density at radius 2 is 2.14 bits per heavy atom. The molecule has 2 heterocycles. The van der Waals surface area contributed by atoms with Gasteiger partial charge in [0, 0.05) is 6.42 Å². The number of tetrazole rings is 1. The normalized spacial score (nSPS) is 32.0. The standard InChI is InChI=1S/C13H21N5O2.H2O/c19-13(20)11-6-10-5-8(1-3-9(10)7-14-11)2-4-12-15-17-18-16-12;/h8-11,14H,1-7H2,(H,19,20)(H,15,16,17,18);1H2/t8-,9+,10-,11+;/m1./s1. The lowest BCUT2D eigenvalue weighted by Crippen LogP contribution is -2.49. The number of piperidine rings is 1. The summed E-state index contributed by atoms with van der Waals surface area (Å²) in [5, 5.41) is 26.3. The van der Waals surface area contributed by atoms with Crippen LogP contribution in [0.3, 0.4) is 0 Å². The number of aromatic nitrogens is 4. The highest BCUT2D eigenvalue weighted by Gasteiger charge is 2.37. The van der Waals surface area contributed by atoms with E-state index in [4.69, 9.17) is 5.11 Å². The first-order valence-electron chi connectivity index (χ1n) is 7.41. The van der Waals surface area contributed by atoms with Gasteiger partial charge in [0.15, 0.2) is 5.82 Å². The van der Waals surface area contributed by atoms with E-state index in [0.717, 1.165) is 38.1 Å². The zero-order valence-electron chi connectivity index (χ0n) is 12.0. The molecule has 2 aliphatic rings. The zero-order valence-corrected chi connectivity index (χ0v) is 12.0. The third-order valence-corrected chi connectivity index (χ3v) is 4.88. The van der Waals surface area contributed by atoms with Gasteiger partial charge in [-0.05, 0) is 50.0 Å². The van der Waals surface area contributed by atoms with E-state index in [9.17, 15) is 4.79 Å². The molecule has 8 nitrogen and oxygen atoms in total. The number of H-pyrrole nitrogens is 1. The summed E-state index contributed by atoms with van der Waals surface area (Å²) >= 11 is 0. The Labute approximate surface area is 123 Å². The van der Waals surface area contributed by atoms with E-state index < -0.39 is 5.97 Å². The summed E-state index contributed by atoms with van der Waals surface area (Å²) in [4.78, 5) is 11.1. The Hall–Kier alpha value is -1.54. The first kappa shape index (κ1) is 15.8. The van der Waals surface area contributed by atoms with Gasteiger partial charge in [-0.15, -0.1) is 10.2 Å². The summed E-state index contributed by atoms with van der Waals surface area (Å²) in [6.07, 6.45) is 6.30. The van der Waals surface area contributed by atoms with Crippen LogP contribution in [0.25, 0.3) is 0 Å². The van der Waals surface area contributed by atoms with Gasteiger partial charge in [-0.1, -0.05) is 11.6 Å². The molecule has 1 aromatic rings. The Kier molecular flexibility index (Phi) is 5.24. The molecule has 4 atom stereocenters. The highest BCUT2D eigenvalue weighted by molar-refractivity contribution is 5.73. The quantitative estimate of drug-likeness (QED) is 0.703. The van der Waals surface area contributed by atoms with Gasteiger partial charge in [0.25, 0.3) is 0 Å². The summed E-state index contributed by atoms with van der Waals surface area (Å²) in [6, 6.07) is -0.354. The maximum atomic E-state index is 11.1. The predicted octanol–water partition coefficient (Wildman–Crippen LogP) is -0.213. The number of aryl methyl sites for hydroxylation is 1. The van der Waals surface area contributed by atoms with Crippen molar-refractivity contribution < 1.29 is 15.4 Å². The van der Waals surface area contributed by atoms with Crippen molar-refractivity contribution in [2.24, 2.45) is 17.8 Å². The van der Waals surface area contributed by atoms with Crippen LogP contribution >= 0.6 is 0 Å². The van der Waals surface area contributed by atoms with Gasteiger partial charge in [-0.3, -0.25) is 4.79 Å². The van der Waals surface area contributed by atoms with Gasteiger partial charge < -0.3 is 15.9 Å². The van der Waals surface area contributed by atoms with Crippen LogP contribution in [-0.2, 0) is 11.2 Å². The van der Waals surface area contributed by atoms with Crippen LogP contribution in [0.1, 0.15) is 37.9 Å². The first-order valence-corrected chi connectivity index (χ1v) is 7.41. The van der Waals surface area contributed by atoms with Crippen molar-refractivity contribution in [1.29, 1.82) is 0 Å². The molecular weight excluding hydrogens is 274 g/mol. The SMILES string of the molecule is O.O=C(O)[C@@H]1C[C@H]2C[C@@H](CCc3nn[nH]n3)CC[C@H]2CN1. The van der Waals surface area contributed by atoms with Crippen LogP contribution in [-0.4, -0.2) is 49.8 Å². The van der Waals surface area contributed by atoms with Crippen molar-refractivity contribution in [3.8, 4) is 0 Å². The number of rotatable bonds is 4. The number of hydrogen-bond acceptors (Lipinski definition) is 5. The Balaban J connectivity index is 0.00000161. The van der Waals surface area contributed by atoms with E-state index in [-0.39, 0.29) is 11.5 Å². The van der Waals surface area contributed by atoms with Crippen LogP contribution in [0.2, 0.25) is 0 Å². The van der Waals surface area contributed by atoms with E-state index in [1.807, 2.05) is 0 Å². The molecule has 0 radical (unpaired) electrons. The van der Waals surface area contributed by atoms with E-state index in [2.05, 4.69) is 25.9 Å². The lowest BCUT2D eigenvalue weighted by molar-refractivity contribution is -0.141. The summed E-state index contributed by atoms with van der Waals surface area (Å²) in [6.45, 7) is 0.860. The topological polar surface area (TPSA) is 135 Å². The molecule has 5 N–H and O–H groups in total. The van der Waals surface area contributed by atoms with Crippen molar-refractivity contribution in [2.75, 3.05) is 6.54 Å². The molecule has 2 fully saturated rings. The van der Waals surface area contributed by atoms with Crippen LogP contribution < -0.4 is 5.32 Å². The molecule has 1 aliphatic heterocycles. The fourth-order valence-corrected chi connectivity index (χ4v) is 3.73. The van der Waals surface area contributed by atoms with E-state index in [1.54, 1.807) is 0 Å². The molecular formula is C13H23N5O3. The van der Waals surface area contributed by atoms with Crippen LogP contribution in [0.5, 0.6) is 0 Å². The second-order valence-electron chi connectivity index (χ2n) is 6.10. The van der Waals surface area contributed by atoms with Gasteiger partial charge in [0.05, 0.1) is 0 Å². The van der Waals surface area contributed by atoms with Gasteiger partial charge >= 0.3 is 5.97 Å². The van der Waals surface area contributed by atoms with Crippen molar-refractivity contribution in [1.82, 2.24) is 25.9 Å². The first-order chi connectivity index (χ1) is 9.72.